The highest BCUT2D eigenvalue weighted by Crippen LogP contribution is 2.28. The van der Waals surface area contributed by atoms with Gasteiger partial charge in [-0.1, -0.05) is 6.07 Å². The van der Waals surface area contributed by atoms with Gasteiger partial charge in [0.05, 0.1) is 27.8 Å². The van der Waals surface area contributed by atoms with Gasteiger partial charge in [-0.15, -0.1) is 0 Å². The van der Waals surface area contributed by atoms with Crippen LogP contribution in [0, 0.1) is 6.92 Å². The number of anilines is 1. The van der Waals surface area contributed by atoms with Crippen molar-refractivity contribution >= 4 is 35.6 Å². The first-order chi connectivity index (χ1) is 12.0. The van der Waals surface area contributed by atoms with E-state index in [0.29, 0.717) is 30.6 Å². The maximum Gasteiger partial charge on any atom is 0.241 e. The van der Waals surface area contributed by atoms with Crippen LogP contribution < -0.4 is 9.03 Å². The number of benzene rings is 1. The third kappa shape index (κ3) is 4.05. The molecule has 0 bridgehead atoms. The molecule has 0 aliphatic carbocycles. The van der Waals surface area contributed by atoms with Gasteiger partial charge in [-0.2, -0.15) is 0 Å². The summed E-state index contributed by atoms with van der Waals surface area (Å²) in [5.41, 5.74) is 0.784. The summed E-state index contributed by atoms with van der Waals surface area (Å²) in [6, 6.07) is 3.85. The van der Waals surface area contributed by atoms with Gasteiger partial charge >= 0.3 is 0 Å². The highest BCUT2D eigenvalue weighted by atomic mass is 32.2. The Kier molecular flexibility index (Phi) is 5.10. The van der Waals surface area contributed by atoms with E-state index in [1.807, 2.05) is 0 Å². The molecule has 1 aromatic carbocycles. The average molecular weight is 423 g/mol. The van der Waals surface area contributed by atoms with E-state index in [4.69, 9.17) is 0 Å². The third-order valence-corrected chi connectivity index (χ3v) is 9.95. The molecule has 11 heteroatoms. The van der Waals surface area contributed by atoms with Crippen molar-refractivity contribution in [3.8, 4) is 0 Å². The van der Waals surface area contributed by atoms with Crippen LogP contribution in [0.3, 0.4) is 0 Å². The van der Waals surface area contributed by atoms with E-state index in [9.17, 15) is 25.3 Å². The molecule has 146 valence electrons. The van der Waals surface area contributed by atoms with Crippen LogP contribution in [0.1, 0.15) is 24.8 Å². The lowest BCUT2D eigenvalue weighted by Gasteiger charge is -2.28. The molecule has 0 aromatic heterocycles. The standard InChI is InChI=1S/C15H22N2O6S3/c1-12-4-5-14(17-7-2-3-8-25(17,20)21)10-15(12)26(22,23)16-13-6-9-24(18,19)11-13/h4-5,10,13,16H,2-3,6-9,11H2,1H3. The van der Waals surface area contributed by atoms with Gasteiger partial charge in [0.15, 0.2) is 9.84 Å². The van der Waals surface area contributed by atoms with Gasteiger partial charge in [0, 0.05) is 12.6 Å². The molecule has 2 saturated heterocycles. The van der Waals surface area contributed by atoms with E-state index >= 15 is 0 Å². The molecule has 26 heavy (non-hydrogen) atoms. The number of nitrogens with zero attached hydrogens (tertiary/aromatic N) is 1. The minimum Gasteiger partial charge on any atom is -0.270 e. The lowest BCUT2D eigenvalue weighted by atomic mass is 10.2. The van der Waals surface area contributed by atoms with Crippen molar-refractivity contribution in [2.45, 2.75) is 37.1 Å². The lowest BCUT2D eigenvalue weighted by molar-refractivity contribution is 0.561. The summed E-state index contributed by atoms with van der Waals surface area (Å²) in [5.74, 6) is -0.210. The second-order valence-electron chi connectivity index (χ2n) is 6.77. The molecule has 2 aliphatic heterocycles. The molecule has 1 unspecified atom stereocenters. The number of rotatable bonds is 4. The van der Waals surface area contributed by atoms with E-state index in [-0.39, 0.29) is 28.6 Å². The van der Waals surface area contributed by atoms with Crippen molar-refractivity contribution in [2.24, 2.45) is 0 Å². The first-order valence-corrected chi connectivity index (χ1v) is 13.3. The van der Waals surface area contributed by atoms with Gasteiger partial charge in [-0.3, -0.25) is 4.31 Å². The SMILES string of the molecule is Cc1ccc(N2CCCCS2(=O)=O)cc1S(=O)(=O)NC1CCS(=O)(=O)C1. The van der Waals surface area contributed by atoms with Crippen LogP contribution >= 0.6 is 0 Å². The van der Waals surface area contributed by atoms with Crippen LogP contribution in [0.25, 0.3) is 0 Å². The smallest absolute Gasteiger partial charge is 0.241 e. The Bertz CT molecular complexity index is 1020. The summed E-state index contributed by atoms with van der Waals surface area (Å²) in [6.07, 6.45) is 1.54. The van der Waals surface area contributed by atoms with E-state index < -0.39 is 35.9 Å². The Hall–Kier alpha value is -1.17. The maximum absolute atomic E-state index is 12.7. The van der Waals surface area contributed by atoms with Crippen LogP contribution in [0.4, 0.5) is 5.69 Å². The highest BCUT2D eigenvalue weighted by Gasteiger charge is 2.33. The number of hydrogen-bond acceptors (Lipinski definition) is 6. The first kappa shape index (κ1) is 19.6. The van der Waals surface area contributed by atoms with Crippen LogP contribution in [-0.4, -0.2) is 55.1 Å². The number of nitrogens with one attached hydrogen (secondary N) is 1. The van der Waals surface area contributed by atoms with E-state index in [0.717, 1.165) is 0 Å². The van der Waals surface area contributed by atoms with Crippen LogP contribution in [0.5, 0.6) is 0 Å². The van der Waals surface area contributed by atoms with Gasteiger partial charge in [0.25, 0.3) is 0 Å². The summed E-state index contributed by atoms with van der Waals surface area (Å²) in [5, 5.41) is 0. The van der Waals surface area contributed by atoms with Crippen molar-refractivity contribution in [2.75, 3.05) is 28.1 Å². The maximum atomic E-state index is 12.7. The summed E-state index contributed by atoms with van der Waals surface area (Å²) in [7, 11) is -10.6. The minimum atomic E-state index is -3.96. The van der Waals surface area contributed by atoms with Crippen molar-refractivity contribution in [3.05, 3.63) is 23.8 Å². The second kappa shape index (κ2) is 6.77. The van der Waals surface area contributed by atoms with Crippen molar-refractivity contribution in [1.82, 2.24) is 4.72 Å². The number of hydrogen-bond donors (Lipinski definition) is 1. The minimum absolute atomic E-state index is 0.0277. The van der Waals surface area contributed by atoms with Gasteiger partial charge in [-0.25, -0.2) is 30.0 Å². The predicted molar refractivity (Wildman–Crippen MR) is 98.9 cm³/mol. The van der Waals surface area contributed by atoms with E-state index in [1.165, 1.54) is 10.4 Å². The zero-order valence-corrected chi connectivity index (χ0v) is 16.8. The molecule has 1 atom stereocenters. The van der Waals surface area contributed by atoms with Crippen LogP contribution in [0.15, 0.2) is 23.1 Å². The molecule has 2 heterocycles. The predicted octanol–water partition coefficient (Wildman–Crippen LogP) is 0.390. The van der Waals surface area contributed by atoms with Crippen LogP contribution in [-0.2, 0) is 29.9 Å². The molecule has 8 nitrogen and oxygen atoms in total. The van der Waals surface area contributed by atoms with Gasteiger partial charge in [0.2, 0.25) is 20.0 Å². The molecule has 3 rings (SSSR count). The normalized spacial score (nSPS) is 25.3. The summed E-state index contributed by atoms with van der Waals surface area (Å²) < 4.78 is 76.8. The molecule has 0 saturated carbocycles. The molecule has 2 fully saturated rings. The van der Waals surface area contributed by atoms with Crippen molar-refractivity contribution in [3.63, 3.8) is 0 Å². The quantitative estimate of drug-likeness (QED) is 0.750. The third-order valence-electron chi connectivity index (χ3n) is 4.65. The number of sulfone groups is 1. The first-order valence-electron chi connectivity index (χ1n) is 8.34. The molecular formula is C15H22N2O6S3. The Morgan fingerprint density at radius 1 is 1.12 bits per heavy atom. The van der Waals surface area contributed by atoms with Gasteiger partial charge < -0.3 is 0 Å². The summed E-state index contributed by atoms with van der Waals surface area (Å²) in [6.45, 7) is 1.94. The largest absolute Gasteiger partial charge is 0.270 e. The zero-order valence-electron chi connectivity index (χ0n) is 14.4. The molecule has 0 amide bonds. The van der Waals surface area contributed by atoms with Gasteiger partial charge in [0.1, 0.15) is 0 Å². The Morgan fingerprint density at radius 2 is 1.85 bits per heavy atom. The zero-order chi connectivity index (χ0) is 19.2. The fourth-order valence-corrected chi connectivity index (χ4v) is 8.23. The monoisotopic (exact) mass is 422 g/mol. The number of sulfonamides is 2. The molecule has 0 radical (unpaired) electrons. The summed E-state index contributed by atoms with van der Waals surface area (Å²) in [4.78, 5) is -0.0277. The molecule has 1 aromatic rings. The Morgan fingerprint density at radius 3 is 2.46 bits per heavy atom. The number of aryl methyl sites for hydroxylation is 1. The lowest BCUT2D eigenvalue weighted by Crippen LogP contribution is -2.38. The van der Waals surface area contributed by atoms with Crippen LogP contribution in [0.2, 0.25) is 0 Å². The molecule has 2 aliphatic rings. The van der Waals surface area contributed by atoms with Crippen molar-refractivity contribution in [1.29, 1.82) is 0 Å². The van der Waals surface area contributed by atoms with E-state index in [2.05, 4.69) is 4.72 Å². The van der Waals surface area contributed by atoms with Gasteiger partial charge in [-0.05, 0) is 43.9 Å². The average Bonchev–Trinajstić information content (AvgIpc) is 2.85. The highest BCUT2D eigenvalue weighted by molar-refractivity contribution is 7.93. The van der Waals surface area contributed by atoms with Crippen molar-refractivity contribution < 1.29 is 25.3 Å². The fraction of sp³-hybridized carbons (Fsp3) is 0.600. The molecular weight excluding hydrogens is 400 g/mol. The molecule has 0 spiro atoms. The Balaban J connectivity index is 1.92. The Labute approximate surface area is 154 Å². The second-order valence-corrected chi connectivity index (χ2v) is 12.7. The van der Waals surface area contributed by atoms with E-state index in [1.54, 1.807) is 19.1 Å². The fourth-order valence-electron chi connectivity index (χ4n) is 3.28. The topological polar surface area (TPSA) is 118 Å². The summed E-state index contributed by atoms with van der Waals surface area (Å²) >= 11 is 0. The molecule has 1 N–H and O–H groups in total.